The van der Waals surface area contributed by atoms with Gasteiger partial charge in [-0.1, -0.05) is 16.8 Å². The van der Waals surface area contributed by atoms with E-state index in [2.05, 4.69) is 10.3 Å². The summed E-state index contributed by atoms with van der Waals surface area (Å²) in [5, 5.41) is 27.6. The van der Waals surface area contributed by atoms with Crippen molar-refractivity contribution in [3.63, 3.8) is 0 Å². The quantitative estimate of drug-likeness (QED) is 0.471. The lowest BCUT2D eigenvalue weighted by Crippen LogP contribution is -2.53. The minimum Gasteiger partial charge on any atom is -0.476 e. The molecule has 5 rings (SSSR count). The summed E-state index contributed by atoms with van der Waals surface area (Å²) in [4.78, 5) is 26.6. The summed E-state index contributed by atoms with van der Waals surface area (Å²) in [5.74, 6) is -0.889. The number of benzene rings is 1. The van der Waals surface area contributed by atoms with Crippen LogP contribution in [-0.2, 0) is 6.54 Å². The highest BCUT2D eigenvalue weighted by Crippen LogP contribution is 2.31. The highest BCUT2D eigenvalue weighted by Gasteiger charge is 2.30. The van der Waals surface area contributed by atoms with Crippen LogP contribution in [0.15, 0.2) is 40.9 Å². The normalized spacial score (nSPS) is 14.2. The van der Waals surface area contributed by atoms with E-state index in [-0.39, 0.29) is 31.2 Å². The SMILES string of the molecule is O=C(O)c1nn(Cc2cc(-c3ccc(Cl)s3)on2)c2ccc(C(=O)N3CC(O)C3)cc12. The second kappa shape index (κ2) is 7.49. The highest BCUT2D eigenvalue weighted by molar-refractivity contribution is 7.19. The minimum absolute atomic E-state index is 0.151. The zero-order valence-electron chi connectivity index (χ0n) is 15.9. The Morgan fingerprint density at radius 2 is 2.03 bits per heavy atom. The number of rotatable bonds is 5. The number of aliphatic hydroxyl groups is 1. The molecule has 0 spiro atoms. The van der Waals surface area contributed by atoms with Crippen LogP contribution in [0.5, 0.6) is 0 Å². The fourth-order valence-corrected chi connectivity index (χ4v) is 4.49. The number of halogens is 1. The number of β-amino-alcohol motifs (C(OH)–C–C–N with tert-alkyl or cyclic N) is 1. The van der Waals surface area contributed by atoms with Gasteiger partial charge in [-0.05, 0) is 30.3 Å². The second-order valence-electron chi connectivity index (χ2n) is 7.19. The van der Waals surface area contributed by atoms with Gasteiger partial charge in [-0.15, -0.1) is 11.3 Å². The number of aromatic carboxylic acids is 1. The molecule has 0 radical (unpaired) electrons. The summed E-state index contributed by atoms with van der Waals surface area (Å²) in [6.07, 6.45) is -0.512. The maximum absolute atomic E-state index is 12.5. The molecule has 3 aromatic heterocycles. The number of carbonyl (C=O) groups excluding carboxylic acids is 1. The largest absolute Gasteiger partial charge is 0.476 e. The van der Waals surface area contributed by atoms with E-state index in [0.29, 0.717) is 32.3 Å². The zero-order chi connectivity index (χ0) is 21.7. The zero-order valence-corrected chi connectivity index (χ0v) is 17.4. The van der Waals surface area contributed by atoms with Crippen molar-refractivity contribution in [2.75, 3.05) is 13.1 Å². The Kier molecular flexibility index (Phi) is 4.77. The number of aliphatic hydroxyl groups excluding tert-OH is 1. The van der Waals surface area contributed by atoms with Gasteiger partial charge in [0.25, 0.3) is 5.91 Å². The van der Waals surface area contributed by atoms with Gasteiger partial charge in [-0.2, -0.15) is 5.10 Å². The molecule has 1 aliphatic rings. The van der Waals surface area contributed by atoms with Crippen LogP contribution >= 0.6 is 22.9 Å². The third kappa shape index (κ3) is 3.58. The van der Waals surface area contributed by atoms with Gasteiger partial charge >= 0.3 is 5.97 Å². The van der Waals surface area contributed by atoms with Crippen LogP contribution in [0.1, 0.15) is 26.5 Å². The van der Waals surface area contributed by atoms with Crippen LogP contribution in [0.4, 0.5) is 0 Å². The van der Waals surface area contributed by atoms with Gasteiger partial charge in [-0.3, -0.25) is 9.48 Å². The van der Waals surface area contributed by atoms with Crippen LogP contribution in [-0.4, -0.2) is 61.1 Å². The van der Waals surface area contributed by atoms with Crippen LogP contribution < -0.4 is 0 Å². The van der Waals surface area contributed by atoms with Gasteiger partial charge in [0.15, 0.2) is 11.5 Å². The molecule has 1 amide bonds. The van der Waals surface area contributed by atoms with Crippen LogP contribution in [0, 0.1) is 0 Å². The average molecular weight is 459 g/mol. The summed E-state index contributed by atoms with van der Waals surface area (Å²) in [5.41, 5.74) is 1.32. The maximum atomic E-state index is 12.5. The molecule has 4 aromatic rings. The van der Waals surface area contributed by atoms with Crippen molar-refractivity contribution in [3.05, 3.63) is 57.7 Å². The van der Waals surface area contributed by atoms with E-state index >= 15 is 0 Å². The lowest BCUT2D eigenvalue weighted by molar-refractivity contribution is 0.00590. The number of likely N-dealkylation sites (tertiary alicyclic amines) is 1. The number of aromatic nitrogens is 3. The van der Waals surface area contributed by atoms with Gasteiger partial charge < -0.3 is 19.6 Å². The van der Waals surface area contributed by atoms with Gasteiger partial charge in [0.1, 0.15) is 5.69 Å². The van der Waals surface area contributed by atoms with Crippen LogP contribution in [0.2, 0.25) is 4.34 Å². The standard InChI is InChI=1S/C20H15ClN4O5S/c21-17-4-3-16(31-17)15-6-11(23-30-15)7-25-14-2-1-10(19(27)24-8-12(26)9-24)5-13(14)18(22-25)20(28)29/h1-6,12,26H,7-9H2,(H,28,29). The molecule has 0 saturated carbocycles. The van der Waals surface area contributed by atoms with Crippen molar-refractivity contribution in [2.24, 2.45) is 0 Å². The Hall–Kier alpha value is -3.21. The van der Waals surface area contributed by atoms with E-state index in [0.717, 1.165) is 4.88 Å². The molecule has 4 heterocycles. The first-order valence-electron chi connectivity index (χ1n) is 9.31. The van der Waals surface area contributed by atoms with Gasteiger partial charge in [0.05, 0.1) is 27.4 Å². The minimum atomic E-state index is -1.19. The number of carbonyl (C=O) groups is 2. The molecular formula is C20H15ClN4O5S. The van der Waals surface area contributed by atoms with E-state index in [1.165, 1.54) is 27.0 Å². The van der Waals surface area contributed by atoms with E-state index in [4.69, 9.17) is 16.1 Å². The molecule has 0 atom stereocenters. The molecule has 11 heteroatoms. The summed E-state index contributed by atoms with van der Waals surface area (Å²) in [7, 11) is 0. The number of hydrogen-bond acceptors (Lipinski definition) is 7. The van der Waals surface area contributed by atoms with Crippen LogP contribution in [0.3, 0.4) is 0 Å². The summed E-state index contributed by atoms with van der Waals surface area (Å²) in [6, 6.07) is 10.2. The molecular weight excluding hydrogens is 444 g/mol. The topological polar surface area (TPSA) is 122 Å². The smallest absolute Gasteiger partial charge is 0.357 e. The van der Waals surface area contributed by atoms with Crippen molar-refractivity contribution in [1.82, 2.24) is 19.8 Å². The van der Waals surface area contributed by atoms with Gasteiger partial charge in [0.2, 0.25) is 0 Å². The Balaban J connectivity index is 1.47. The lowest BCUT2D eigenvalue weighted by Gasteiger charge is -2.35. The predicted octanol–water partition coefficient (Wildman–Crippen LogP) is 2.97. The first-order valence-corrected chi connectivity index (χ1v) is 10.5. The van der Waals surface area contributed by atoms with Crippen molar-refractivity contribution in [3.8, 4) is 10.6 Å². The summed E-state index contributed by atoms with van der Waals surface area (Å²) >= 11 is 7.33. The van der Waals surface area contributed by atoms with Gasteiger partial charge in [-0.25, -0.2) is 4.79 Å². The fourth-order valence-electron chi connectivity index (χ4n) is 3.50. The molecule has 31 heavy (non-hydrogen) atoms. The van der Waals surface area contributed by atoms with Crippen molar-refractivity contribution in [2.45, 2.75) is 12.6 Å². The number of carboxylic acids is 1. The van der Waals surface area contributed by atoms with Crippen molar-refractivity contribution >= 4 is 45.7 Å². The molecule has 1 aromatic carbocycles. The predicted molar refractivity (Wildman–Crippen MR) is 113 cm³/mol. The number of nitrogens with zero attached hydrogens (tertiary/aromatic N) is 4. The summed E-state index contributed by atoms with van der Waals surface area (Å²) in [6.45, 7) is 0.732. The molecule has 0 unspecified atom stereocenters. The Bertz CT molecular complexity index is 1320. The molecule has 0 bridgehead atoms. The first-order chi connectivity index (χ1) is 14.9. The molecule has 1 fully saturated rings. The average Bonchev–Trinajstić information content (AvgIpc) is 3.44. The Morgan fingerprint density at radius 1 is 1.23 bits per heavy atom. The lowest BCUT2D eigenvalue weighted by atomic mass is 10.1. The Labute approximate surface area is 184 Å². The third-order valence-electron chi connectivity index (χ3n) is 5.04. The Morgan fingerprint density at radius 3 is 2.71 bits per heavy atom. The van der Waals surface area contributed by atoms with E-state index in [1.54, 1.807) is 24.3 Å². The fraction of sp³-hybridized carbons (Fsp3) is 0.200. The molecule has 1 saturated heterocycles. The molecule has 158 valence electrons. The third-order valence-corrected chi connectivity index (χ3v) is 6.28. The van der Waals surface area contributed by atoms with Crippen LogP contribution in [0.25, 0.3) is 21.5 Å². The number of carboxylic acid groups (broad SMARTS) is 1. The molecule has 1 aliphatic heterocycles. The van der Waals surface area contributed by atoms with E-state index < -0.39 is 12.1 Å². The monoisotopic (exact) mass is 458 g/mol. The summed E-state index contributed by atoms with van der Waals surface area (Å²) < 4.78 is 7.53. The van der Waals surface area contributed by atoms with E-state index in [1.807, 2.05) is 6.07 Å². The molecule has 9 nitrogen and oxygen atoms in total. The number of thiophene rings is 1. The number of amides is 1. The first kappa shape index (κ1) is 19.7. The second-order valence-corrected chi connectivity index (χ2v) is 8.91. The highest BCUT2D eigenvalue weighted by atomic mass is 35.5. The number of hydrogen-bond donors (Lipinski definition) is 2. The van der Waals surface area contributed by atoms with Gasteiger partial charge in [0, 0.05) is 30.1 Å². The van der Waals surface area contributed by atoms with Crippen molar-refractivity contribution in [1.29, 1.82) is 0 Å². The van der Waals surface area contributed by atoms with E-state index in [9.17, 15) is 19.8 Å². The molecule has 0 aliphatic carbocycles. The van der Waals surface area contributed by atoms with Crippen molar-refractivity contribution < 1.29 is 24.3 Å². The maximum Gasteiger partial charge on any atom is 0.357 e. The number of fused-ring (bicyclic) bond motifs is 1. The molecule has 2 N–H and O–H groups in total.